The molecule has 0 bridgehead atoms. The molecule has 1 saturated heterocycles. The molecule has 0 aliphatic carbocycles. The molecular weight excluding hydrogens is 340 g/mol. The summed E-state index contributed by atoms with van der Waals surface area (Å²) < 4.78 is 31.6. The van der Waals surface area contributed by atoms with Gasteiger partial charge in [-0.25, -0.2) is 8.78 Å². The monoisotopic (exact) mass is 357 g/mol. The third kappa shape index (κ3) is 3.91. The van der Waals surface area contributed by atoms with Gasteiger partial charge in [0.2, 0.25) is 5.76 Å². The summed E-state index contributed by atoms with van der Waals surface area (Å²) in [5, 5.41) is 9.76. The van der Waals surface area contributed by atoms with E-state index in [0.717, 1.165) is 12.6 Å². The first-order chi connectivity index (χ1) is 11.0. The summed E-state index contributed by atoms with van der Waals surface area (Å²) >= 11 is 0. The molecule has 1 amide bonds. The van der Waals surface area contributed by atoms with Gasteiger partial charge in [0.25, 0.3) is 5.91 Å². The predicted molar refractivity (Wildman–Crippen MR) is 86.3 cm³/mol. The number of aromatic nitrogens is 1. The lowest BCUT2D eigenvalue weighted by Gasteiger charge is -2.33. The van der Waals surface area contributed by atoms with Crippen molar-refractivity contribution in [1.82, 2.24) is 15.8 Å². The van der Waals surface area contributed by atoms with Crippen molar-refractivity contribution in [3.05, 3.63) is 52.9 Å². The van der Waals surface area contributed by atoms with E-state index in [1.54, 1.807) is 19.1 Å². The summed E-state index contributed by atoms with van der Waals surface area (Å²) in [4.78, 5) is 12.2. The maximum Gasteiger partial charge on any atom is 0.290 e. The Kier molecular flexibility index (Phi) is 5.90. The summed E-state index contributed by atoms with van der Waals surface area (Å²) in [6.45, 7) is 3.02. The minimum Gasteiger partial charge on any atom is -0.351 e. The van der Waals surface area contributed by atoms with Gasteiger partial charge in [0, 0.05) is 24.6 Å². The highest BCUT2D eigenvalue weighted by molar-refractivity contribution is 5.91. The van der Waals surface area contributed by atoms with E-state index in [2.05, 4.69) is 15.8 Å². The molecule has 0 spiro atoms. The molecule has 0 radical (unpaired) electrons. The van der Waals surface area contributed by atoms with Crippen molar-refractivity contribution >= 4 is 18.3 Å². The number of rotatable bonds is 3. The van der Waals surface area contributed by atoms with Crippen LogP contribution in [0.5, 0.6) is 0 Å². The van der Waals surface area contributed by atoms with Crippen LogP contribution in [0.4, 0.5) is 8.78 Å². The van der Waals surface area contributed by atoms with Crippen LogP contribution in [0.25, 0.3) is 0 Å². The number of hydrogen-bond acceptors (Lipinski definition) is 4. The maximum absolute atomic E-state index is 13.5. The van der Waals surface area contributed by atoms with E-state index >= 15 is 0 Å². The first kappa shape index (κ1) is 18.4. The van der Waals surface area contributed by atoms with Crippen molar-refractivity contribution in [2.45, 2.75) is 25.3 Å². The number of halogens is 3. The number of carbonyl (C=O) groups is 1. The second-order valence-corrected chi connectivity index (χ2v) is 5.69. The standard InChI is InChI=1S/C16H17F2N3O2.ClH/c1-9-6-15(23-21-9)16(22)20-14-8-19-5-4-11(14)10-2-3-12(17)13(18)7-10;/h2-3,6-7,11,14,19H,4-5,8H2,1H3,(H,20,22);1H. The zero-order valence-electron chi connectivity index (χ0n) is 13.0. The van der Waals surface area contributed by atoms with Crippen LogP contribution in [-0.4, -0.2) is 30.2 Å². The Bertz CT molecular complexity index is 723. The SMILES string of the molecule is Cc1cc(C(=O)NC2CNCCC2c2ccc(F)c(F)c2)on1.Cl. The van der Waals surface area contributed by atoms with Gasteiger partial charge in [-0.05, 0) is 37.6 Å². The Morgan fingerprint density at radius 1 is 1.33 bits per heavy atom. The molecule has 2 atom stereocenters. The Morgan fingerprint density at radius 2 is 2.12 bits per heavy atom. The predicted octanol–water partition coefficient (Wildman–Crippen LogP) is 2.56. The van der Waals surface area contributed by atoms with E-state index in [1.807, 2.05) is 0 Å². The van der Waals surface area contributed by atoms with E-state index < -0.39 is 11.6 Å². The fraction of sp³-hybridized carbons (Fsp3) is 0.375. The summed E-state index contributed by atoms with van der Waals surface area (Å²) in [5.74, 6) is -2.08. The third-order valence-electron chi connectivity index (χ3n) is 4.02. The number of benzene rings is 1. The van der Waals surface area contributed by atoms with Gasteiger partial charge in [-0.15, -0.1) is 12.4 Å². The Labute approximate surface area is 144 Å². The first-order valence-electron chi connectivity index (χ1n) is 7.44. The molecule has 1 aromatic heterocycles. The average Bonchev–Trinajstić information content (AvgIpc) is 2.97. The Morgan fingerprint density at radius 3 is 2.79 bits per heavy atom. The van der Waals surface area contributed by atoms with E-state index in [9.17, 15) is 13.6 Å². The molecule has 2 heterocycles. The van der Waals surface area contributed by atoms with Crippen LogP contribution in [0.1, 0.15) is 34.2 Å². The normalized spacial score (nSPS) is 20.3. The van der Waals surface area contributed by atoms with Crippen molar-refractivity contribution in [1.29, 1.82) is 0 Å². The summed E-state index contributed by atoms with van der Waals surface area (Å²) in [5.41, 5.74) is 1.29. The number of amides is 1. The lowest BCUT2D eigenvalue weighted by molar-refractivity contribution is 0.0887. The van der Waals surface area contributed by atoms with Crippen LogP contribution >= 0.6 is 12.4 Å². The molecule has 3 rings (SSSR count). The molecule has 1 aliphatic heterocycles. The maximum atomic E-state index is 13.5. The molecular formula is C16H18ClF2N3O2. The molecule has 8 heteroatoms. The highest BCUT2D eigenvalue weighted by Gasteiger charge is 2.29. The molecule has 2 N–H and O–H groups in total. The van der Waals surface area contributed by atoms with Gasteiger partial charge in [-0.2, -0.15) is 0 Å². The van der Waals surface area contributed by atoms with Gasteiger partial charge in [-0.1, -0.05) is 11.2 Å². The molecule has 1 aromatic carbocycles. The molecule has 2 aromatic rings. The number of hydrogen-bond donors (Lipinski definition) is 2. The molecule has 130 valence electrons. The summed E-state index contributed by atoms with van der Waals surface area (Å²) in [6.07, 6.45) is 0.714. The Hall–Kier alpha value is -1.99. The first-order valence-corrected chi connectivity index (χ1v) is 7.44. The van der Waals surface area contributed by atoms with E-state index in [0.29, 0.717) is 24.2 Å². The lowest BCUT2D eigenvalue weighted by Crippen LogP contribution is -2.50. The van der Waals surface area contributed by atoms with Crippen molar-refractivity contribution < 1.29 is 18.1 Å². The quantitative estimate of drug-likeness (QED) is 0.886. The van der Waals surface area contributed by atoms with Crippen LogP contribution in [0.3, 0.4) is 0 Å². The highest BCUT2D eigenvalue weighted by Crippen LogP contribution is 2.27. The van der Waals surface area contributed by atoms with Crippen molar-refractivity contribution in [3.8, 4) is 0 Å². The number of carbonyl (C=O) groups excluding carboxylic acids is 1. The summed E-state index contributed by atoms with van der Waals surface area (Å²) in [7, 11) is 0. The lowest BCUT2D eigenvalue weighted by atomic mass is 9.86. The second-order valence-electron chi connectivity index (χ2n) is 5.69. The van der Waals surface area contributed by atoms with E-state index in [-0.39, 0.29) is 36.0 Å². The van der Waals surface area contributed by atoms with Gasteiger partial charge < -0.3 is 15.2 Å². The van der Waals surface area contributed by atoms with Crippen molar-refractivity contribution in [3.63, 3.8) is 0 Å². The van der Waals surface area contributed by atoms with Crippen LogP contribution in [-0.2, 0) is 0 Å². The zero-order valence-corrected chi connectivity index (χ0v) is 13.8. The molecule has 2 unspecified atom stereocenters. The van der Waals surface area contributed by atoms with Crippen LogP contribution in [0, 0.1) is 18.6 Å². The molecule has 0 saturated carbocycles. The summed E-state index contributed by atoms with van der Waals surface area (Å²) in [6, 6.07) is 5.19. The van der Waals surface area contributed by atoms with Gasteiger partial charge in [0.1, 0.15) is 0 Å². The van der Waals surface area contributed by atoms with Crippen LogP contribution in [0.15, 0.2) is 28.8 Å². The van der Waals surface area contributed by atoms with Crippen LogP contribution in [0.2, 0.25) is 0 Å². The largest absolute Gasteiger partial charge is 0.351 e. The molecule has 1 fully saturated rings. The smallest absolute Gasteiger partial charge is 0.290 e. The second kappa shape index (κ2) is 7.72. The fourth-order valence-corrected chi connectivity index (χ4v) is 2.86. The van der Waals surface area contributed by atoms with Gasteiger partial charge >= 0.3 is 0 Å². The average molecular weight is 358 g/mol. The molecule has 5 nitrogen and oxygen atoms in total. The minimum absolute atomic E-state index is 0. The van der Waals surface area contributed by atoms with E-state index in [1.165, 1.54) is 6.07 Å². The molecule has 24 heavy (non-hydrogen) atoms. The van der Waals surface area contributed by atoms with Gasteiger partial charge in [0.15, 0.2) is 11.6 Å². The van der Waals surface area contributed by atoms with Crippen molar-refractivity contribution in [2.75, 3.05) is 13.1 Å². The fourth-order valence-electron chi connectivity index (χ4n) is 2.86. The van der Waals surface area contributed by atoms with Crippen LogP contribution < -0.4 is 10.6 Å². The minimum atomic E-state index is -0.878. The molecule has 1 aliphatic rings. The number of aryl methyl sites for hydroxylation is 1. The zero-order chi connectivity index (χ0) is 16.4. The van der Waals surface area contributed by atoms with Crippen molar-refractivity contribution in [2.24, 2.45) is 0 Å². The van der Waals surface area contributed by atoms with E-state index in [4.69, 9.17) is 4.52 Å². The highest BCUT2D eigenvalue weighted by atomic mass is 35.5. The number of piperidine rings is 1. The third-order valence-corrected chi connectivity index (χ3v) is 4.02. The number of nitrogens with one attached hydrogen (secondary N) is 2. The topological polar surface area (TPSA) is 67.2 Å². The number of nitrogens with zero attached hydrogens (tertiary/aromatic N) is 1. The Balaban J connectivity index is 0.00000208. The van der Waals surface area contributed by atoms with Gasteiger partial charge in [0.05, 0.1) is 5.69 Å². The van der Waals surface area contributed by atoms with Gasteiger partial charge in [-0.3, -0.25) is 4.79 Å².